The van der Waals surface area contributed by atoms with E-state index in [-0.39, 0.29) is 0 Å². The number of nitrogens with zero attached hydrogens (tertiary/aromatic N) is 4. The van der Waals surface area contributed by atoms with Gasteiger partial charge in [-0.15, -0.1) is 0 Å². The van der Waals surface area contributed by atoms with Crippen molar-refractivity contribution in [2.75, 3.05) is 17.6 Å². The van der Waals surface area contributed by atoms with Gasteiger partial charge in [-0.3, -0.25) is 9.67 Å². The van der Waals surface area contributed by atoms with Crippen LogP contribution in [0, 0.1) is 0 Å². The molecule has 0 saturated heterocycles. The number of nitrogens with two attached hydrogens (primary N) is 1. The minimum absolute atomic E-state index is 0.539. The van der Waals surface area contributed by atoms with Crippen molar-refractivity contribution < 1.29 is 0 Å². The Bertz CT molecular complexity index is 718. The van der Waals surface area contributed by atoms with E-state index >= 15 is 0 Å². The lowest BCUT2D eigenvalue weighted by molar-refractivity contribution is 0.767. The highest BCUT2D eigenvalue weighted by Crippen LogP contribution is 2.36. The van der Waals surface area contributed by atoms with E-state index in [1.807, 2.05) is 31.6 Å². The lowest BCUT2D eigenvalue weighted by Gasteiger charge is -2.06. The molecule has 0 radical (unpaired) electrons. The van der Waals surface area contributed by atoms with Gasteiger partial charge in [0.2, 0.25) is 0 Å². The Morgan fingerprint density at radius 1 is 1.38 bits per heavy atom. The molecule has 0 fully saturated rings. The van der Waals surface area contributed by atoms with Crippen LogP contribution in [-0.2, 0) is 13.5 Å². The molecule has 0 saturated carbocycles. The maximum atomic E-state index is 5.98. The number of aromatic nitrogens is 4. The minimum Gasteiger partial charge on any atom is -0.382 e. The first-order chi connectivity index (χ1) is 10.2. The van der Waals surface area contributed by atoms with Crippen LogP contribution in [0.4, 0.5) is 10.8 Å². The van der Waals surface area contributed by atoms with E-state index in [2.05, 4.69) is 19.8 Å². The average molecular weight is 300 g/mol. The van der Waals surface area contributed by atoms with Crippen LogP contribution in [-0.4, -0.2) is 25.7 Å². The zero-order valence-corrected chi connectivity index (χ0v) is 12.5. The topological polar surface area (TPSA) is 81.7 Å². The normalized spacial score (nSPS) is 10.7. The second-order valence-electron chi connectivity index (χ2n) is 4.71. The van der Waals surface area contributed by atoms with Gasteiger partial charge in [0.15, 0.2) is 0 Å². The first-order valence-electron chi connectivity index (χ1n) is 6.61. The maximum Gasteiger partial charge on any atom is 0.147 e. The number of nitrogen functional groups attached to an aromatic ring is 1. The minimum atomic E-state index is 0.539. The fourth-order valence-corrected chi connectivity index (χ4v) is 2.90. The number of pyridine rings is 1. The van der Waals surface area contributed by atoms with E-state index in [0.717, 1.165) is 29.1 Å². The molecule has 0 aromatic carbocycles. The average Bonchev–Trinajstić information content (AvgIpc) is 3.06. The van der Waals surface area contributed by atoms with E-state index in [1.165, 1.54) is 17.1 Å². The monoisotopic (exact) mass is 300 g/mol. The molecule has 108 valence electrons. The Kier molecular flexibility index (Phi) is 3.83. The number of anilines is 2. The number of rotatable bonds is 5. The fourth-order valence-electron chi connectivity index (χ4n) is 2.13. The number of nitrogens with one attached hydrogen (secondary N) is 1. The van der Waals surface area contributed by atoms with Crippen molar-refractivity contribution in [3.05, 3.63) is 42.5 Å². The summed E-state index contributed by atoms with van der Waals surface area (Å²) in [6.07, 6.45) is 8.34. The third-order valence-electron chi connectivity index (χ3n) is 3.13. The number of hydrogen-bond donors (Lipinski definition) is 2. The highest BCUT2D eigenvalue weighted by atomic mass is 32.1. The summed E-state index contributed by atoms with van der Waals surface area (Å²) in [5.41, 5.74) is 9.09. The molecule has 3 rings (SSSR count). The lowest BCUT2D eigenvalue weighted by atomic mass is 10.1. The zero-order chi connectivity index (χ0) is 14.7. The Hall–Kier alpha value is -2.41. The van der Waals surface area contributed by atoms with Crippen LogP contribution in [0.15, 0.2) is 36.9 Å². The first kappa shape index (κ1) is 13.6. The summed E-state index contributed by atoms with van der Waals surface area (Å²) in [5.74, 6) is 0.539. The largest absolute Gasteiger partial charge is 0.382 e. The van der Waals surface area contributed by atoms with Crippen LogP contribution < -0.4 is 11.1 Å². The van der Waals surface area contributed by atoms with Gasteiger partial charge in [-0.1, -0.05) is 6.07 Å². The van der Waals surface area contributed by atoms with E-state index in [9.17, 15) is 0 Å². The van der Waals surface area contributed by atoms with Gasteiger partial charge in [0.1, 0.15) is 10.8 Å². The third kappa shape index (κ3) is 3.03. The molecule has 21 heavy (non-hydrogen) atoms. The van der Waals surface area contributed by atoms with Crippen LogP contribution >= 0.6 is 11.5 Å². The van der Waals surface area contributed by atoms with Crippen LogP contribution in [0.25, 0.3) is 11.1 Å². The third-order valence-corrected chi connectivity index (χ3v) is 3.95. The molecule has 3 aromatic heterocycles. The Morgan fingerprint density at radius 2 is 2.29 bits per heavy atom. The molecule has 3 heterocycles. The Morgan fingerprint density at radius 3 is 3.00 bits per heavy atom. The molecule has 0 aliphatic heterocycles. The fraction of sp³-hybridized carbons (Fsp3) is 0.214. The van der Waals surface area contributed by atoms with Crippen LogP contribution in [0.3, 0.4) is 0 Å². The van der Waals surface area contributed by atoms with E-state index < -0.39 is 0 Å². The highest BCUT2D eigenvalue weighted by molar-refractivity contribution is 7.11. The Labute approximate surface area is 126 Å². The van der Waals surface area contributed by atoms with Crippen molar-refractivity contribution in [1.29, 1.82) is 0 Å². The molecule has 0 amide bonds. The van der Waals surface area contributed by atoms with E-state index in [1.54, 1.807) is 17.1 Å². The molecule has 6 nitrogen and oxygen atoms in total. The molecular weight excluding hydrogens is 284 g/mol. The molecule has 0 atom stereocenters. The van der Waals surface area contributed by atoms with E-state index in [4.69, 9.17) is 5.73 Å². The standard InChI is InChI=1S/C14H16N6S/c1-20-9-10(7-18-20)4-6-17-14-12(13(15)19-21-14)11-3-2-5-16-8-11/h2-3,5,7-9,17H,4,6H2,1H3,(H2,15,19). The van der Waals surface area contributed by atoms with Crippen LogP contribution in [0.1, 0.15) is 5.56 Å². The molecule has 0 aliphatic carbocycles. The zero-order valence-electron chi connectivity index (χ0n) is 11.7. The summed E-state index contributed by atoms with van der Waals surface area (Å²) in [7, 11) is 1.92. The Balaban J connectivity index is 1.72. The second kappa shape index (κ2) is 5.92. The van der Waals surface area contributed by atoms with Gasteiger partial charge in [0, 0.05) is 37.7 Å². The lowest BCUT2D eigenvalue weighted by Crippen LogP contribution is -2.04. The molecule has 7 heteroatoms. The molecule has 0 aliphatic rings. The number of hydrogen-bond acceptors (Lipinski definition) is 6. The van der Waals surface area contributed by atoms with Crippen molar-refractivity contribution in [3.8, 4) is 11.1 Å². The second-order valence-corrected chi connectivity index (χ2v) is 5.49. The predicted octanol–water partition coefficient (Wildman–Crippen LogP) is 2.18. The summed E-state index contributed by atoms with van der Waals surface area (Å²) in [6.45, 7) is 0.806. The van der Waals surface area contributed by atoms with Gasteiger partial charge in [-0.05, 0) is 29.6 Å². The molecular formula is C14H16N6S. The van der Waals surface area contributed by atoms with Gasteiger partial charge in [-0.2, -0.15) is 9.47 Å². The molecule has 0 unspecified atom stereocenters. The van der Waals surface area contributed by atoms with Gasteiger partial charge in [-0.25, -0.2) is 0 Å². The summed E-state index contributed by atoms with van der Waals surface area (Å²) in [5, 5.41) is 8.54. The van der Waals surface area contributed by atoms with Crippen molar-refractivity contribution in [1.82, 2.24) is 19.1 Å². The summed E-state index contributed by atoms with van der Waals surface area (Å²) < 4.78 is 6.04. The van der Waals surface area contributed by atoms with Gasteiger partial charge in [0.25, 0.3) is 0 Å². The summed E-state index contributed by atoms with van der Waals surface area (Å²) in [6, 6.07) is 3.88. The quantitative estimate of drug-likeness (QED) is 0.754. The SMILES string of the molecule is Cn1cc(CCNc2snc(N)c2-c2cccnc2)cn1. The predicted molar refractivity (Wildman–Crippen MR) is 85.2 cm³/mol. The molecule has 3 N–H and O–H groups in total. The van der Waals surface area contributed by atoms with Crippen molar-refractivity contribution in [2.45, 2.75) is 6.42 Å². The summed E-state index contributed by atoms with van der Waals surface area (Å²) >= 11 is 1.38. The maximum absolute atomic E-state index is 5.98. The van der Waals surface area contributed by atoms with Gasteiger partial charge in [0.05, 0.1) is 11.8 Å². The number of aryl methyl sites for hydroxylation is 1. The molecule has 0 spiro atoms. The highest BCUT2D eigenvalue weighted by Gasteiger charge is 2.13. The molecule has 0 bridgehead atoms. The smallest absolute Gasteiger partial charge is 0.147 e. The van der Waals surface area contributed by atoms with Crippen molar-refractivity contribution in [2.24, 2.45) is 7.05 Å². The van der Waals surface area contributed by atoms with Gasteiger partial charge < -0.3 is 11.1 Å². The molecule has 3 aromatic rings. The first-order valence-corrected chi connectivity index (χ1v) is 7.38. The van der Waals surface area contributed by atoms with E-state index in [0.29, 0.717) is 5.82 Å². The van der Waals surface area contributed by atoms with Crippen LogP contribution in [0.2, 0.25) is 0 Å². The van der Waals surface area contributed by atoms with Crippen LogP contribution in [0.5, 0.6) is 0 Å². The summed E-state index contributed by atoms with van der Waals surface area (Å²) in [4.78, 5) is 4.14. The van der Waals surface area contributed by atoms with Crippen molar-refractivity contribution in [3.63, 3.8) is 0 Å². The van der Waals surface area contributed by atoms with Crippen molar-refractivity contribution >= 4 is 22.4 Å². The van der Waals surface area contributed by atoms with Gasteiger partial charge >= 0.3 is 0 Å².